The SMILES string of the molecule is COCCOc1nc(N)c2[nH]c(=O)n(Cc3cnc(OCCCN(C)C)c(Cl)c3)c2n1. The minimum absolute atomic E-state index is 0.0624. The number of anilines is 1. The molecule has 0 aliphatic rings. The maximum Gasteiger partial charge on any atom is 0.328 e. The van der Waals surface area contributed by atoms with Crippen LogP contribution in [0.25, 0.3) is 11.2 Å². The van der Waals surface area contributed by atoms with E-state index in [0.717, 1.165) is 13.0 Å². The summed E-state index contributed by atoms with van der Waals surface area (Å²) in [5.74, 6) is 0.474. The van der Waals surface area contributed by atoms with Crippen LogP contribution >= 0.6 is 11.6 Å². The molecule has 0 aliphatic carbocycles. The average molecular weight is 452 g/mol. The summed E-state index contributed by atoms with van der Waals surface area (Å²) in [6.45, 7) is 2.22. The van der Waals surface area contributed by atoms with Crippen molar-refractivity contribution in [2.45, 2.75) is 13.0 Å². The van der Waals surface area contributed by atoms with Crippen molar-refractivity contribution in [3.63, 3.8) is 0 Å². The molecule has 0 amide bonds. The molecular weight excluding hydrogens is 426 g/mol. The quantitative estimate of drug-likeness (QED) is 0.412. The van der Waals surface area contributed by atoms with Crippen molar-refractivity contribution in [3.8, 4) is 11.9 Å². The highest BCUT2D eigenvalue weighted by molar-refractivity contribution is 6.31. The first kappa shape index (κ1) is 22.8. The molecule has 11 nitrogen and oxygen atoms in total. The zero-order valence-corrected chi connectivity index (χ0v) is 18.5. The van der Waals surface area contributed by atoms with Crippen LogP contribution in [0.4, 0.5) is 5.82 Å². The van der Waals surface area contributed by atoms with Crippen LogP contribution in [0.5, 0.6) is 11.9 Å². The van der Waals surface area contributed by atoms with Gasteiger partial charge in [0, 0.05) is 19.9 Å². The third-order valence-corrected chi connectivity index (χ3v) is 4.61. The van der Waals surface area contributed by atoms with Crippen molar-refractivity contribution in [3.05, 3.63) is 33.3 Å². The highest BCUT2D eigenvalue weighted by atomic mass is 35.5. The summed E-state index contributed by atoms with van der Waals surface area (Å²) in [7, 11) is 5.56. The topological polar surface area (TPSA) is 133 Å². The van der Waals surface area contributed by atoms with Crippen LogP contribution in [-0.2, 0) is 11.3 Å². The van der Waals surface area contributed by atoms with Gasteiger partial charge >= 0.3 is 11.7 Å². The maximum absolute atomic E-state index is 12.5. The standard InChI is InChI=1S/C19H26ClN7O4/c1-26(2)5-4-6-30-17-13(20)9-12(10-22-17)11-27-16-14(23-19(27)28)15(21)24-18(25-16)31-8-7-29-3/h9-10H,4-8,11H2,1-3H3,(H,23,28)(H2,21,24,25). The van der Waals surface area contributed by atoms with Crippen molar-refractivity contribution in [1.82, 2.24) is 29.4 Å². The van der Waals surface area contributed by atoms with E-state index in [4.69, 9.17) is 31.5 Å². The Hall–Kier alpha value is -2.89. The Morgan fingerprint density at radius 3 is 2.74 bits per heavy atom. The van der Waals surface area contributed by atoms with E-state index in [2.05, 4.69) is 24.8 Å². The van der Waals surface area contributed by atoms with E-state index in [9.17, 15) is 4.79 Å². The van der Waals surface area contributed by atoms with Gasteiger partial charge in [0.15, 0.2) is 11.5 Å². The number of halogens is 1. The number of nitrogens with zero attached hydrogens (tertiary/aromatic N) is 5. The predicted octanol–water partition coefficient (Wildman–Crippen LogP) is 1.15. The molecule has 0 aromatic carbocycles. The van der Waals surface area contributed by atoms with E-state index < -0.39 is 0 Å². The number of nitrogens with two attached hydrogens (primary N) is 1. The first-order valence-corrected chi connectivity index (χ1v) is 10.1. The maximum atomic E-state index is 12.5. The van der Waals surface area contributed by atoms with Gasteiger partial charge in [-0.1, -0.05) is 11.6 Å². The Balaban J connectivity index is 1.78. The van der Waals surface area contributed by atoms with Crippen LogP contribution in [0.15, 0.2) is 17.1 Å². The number of nitrogen functional groups attached to an aromatic ring is 1. The second-order valence-corrected chi connectivity index (χ2v) is 7.49. The molecular formula is C19H26ClN7O4. The number of nitrogens with one attached hydrogen (secondary N) is 1. The van der Waals surface area contributed by atoms with Crippen molar-refractivity contribution >= 4 is 28.6 Å². The molecule has 0 spiro atoms. The lowest BCUT2D eigenvalue weighted by Gasteiger charge is -2.11. The number of fused-ring (bicyclic) bond motifs is 1. The lowest BCUT2D eigenvalue weighted by molar-refractivity contribution is 0.141. The molecule has 0 radical (unpaired) electrons. The summed E-state index contributed by atoms with van der Waals surface area (Å²) in [5.41, 5.74) is 6.94. The second kappa shape index (κ2) is 10.4. The first-order chi connectivity index (χ1) is 14.9. The van der Waals surface area contributed by atoms with Crippen molar-refractivity contribution in [2.24, 2.45) is 0 Å². The molecule has 3 aromatic rings. The van der Waals surface area contributed by atoms with Gasteiger partial charge in [-0.2, -0.15) is 9.97 Å². The summed E-state index contributed by atoms with van der Waals surface area (Å²) in [6.07, 6.45) is 2.46. The first-order valence-electron chi connectivity index (χ1n) is 9.68. The van der Waals surface area contributed by atoms with Crippen molar-refractivity contribution in [2.75, 3.05) is 53.3 Å². The van der Waals surface area contributed by atoms with Gasteiger partial charge in [-0.3, -0.25) is 4.57 Å². The fourth-order valence-corrected chi connectivity index (χ4v) is 3.09. The Morgan fingerprint density at radius 1 is 1.23 bits per heavy atom. The largest absolute Gasteiger partial charge is 0.477 e. The molecule has 0 saturated heterocycles. The zero-order valence-electron chi connectivity index (χ0n) is 17.7. The highest BCUT2D eigenvalue weighted by Gasteiger charge is 2.16. The number of hydrogen-bond acceptors (Lipinski definition) is 9. The summed E-state index contributed by atoms with van der Waals surface area (Å²) in [6, 6.07) is 1.77. The number of aromatic amines is 1. The van der Waals surface area contributed by atoms with Crippen LogP contribution in [-0.4, -0.2) is 77.0 Å². The lowest BCUT2D eigenvalue weighted by atomic mass is 10.3. The molecule has 3 heterocycles. The van der Waals surface area contributed by atoms with E-state index in [0.29, 0.717) is 40.8 Å². The van der Waals surface area contributed by atoms with Gasteiger partial charge in [0.25, 0.3) is 0 Å². The van der Waals surface area contributed by atoms with Crippen LogP contribution in [0.3, 0.4) is 0 Å². The molecule has 0 saturated carbocycles. The van der Waals surface area contributed by atoms with Gasteiger partial charge < -0.3 is 29.8 Å². The molecule has 0 unspecified atom stereocenters. The molecule has 0 atom stereocenters. The van der Waals surface area contributed by atoms with Gasteiger partial charge in [-0.05, 0) is 32.1 Å². The number of imidazole rings is 1. The summed E-state index contributed by atoms with van der Waals surface area (Å²) < 4.78 is 17.4. The number of aromatic nitrogens is 5. The van der Waals surface area contributed by atoms with E-state index in [1.165, 1.54) is 4.57 Å². The smallest absolute Gasteiger partial charge is 0.328 e. The lowest BCUT2D eigenvalue weighted by Crippen LogP contribution is -2.18. The summed E-state index contributed by atoms with van der Waals surface area (Å²) >= 11 is 6.32. The fraction of sp³-hybridized carbons (Fsp3) is 0.474. The Labute approximate surface area is 184 Å². The van der Waals surface area contributed by atoms with E-state index in [-0.39, 0.29) is 30.7 Å². The molecule has 12 heteroatoms. The van der Waals surface area contributed by atoms with Crippen molar-refractivity contribution in [1.29, 1.82) is 0 Å². The van der Waals surface area contributed by atoms with Crippen LogP contribution < -0.4 is 20.9 Å². The molecule has 168 valence electrons. The number of hydrogen-bond donors (Lipinski definition) is 2. The van der Waals surface area contributed by atoms with E-state index in [1.54, 1.807) is 19.4 Å². The fourth-order valence-electron chi connectivity index (χ4n) is 2.85. The average Bonchev–Trinajstić information content (AvgIpc) is 3.03. The second-order valence-electron chi connectivity index (χ2n) is 7.08. The third-order valence-electron chi connectivity index (χ3n) is 4.34. The van der Waals surface area contributed by atoms with Crippen LogP contribution in [0, 0.1) is 0 Å². The number of H-pyrrole nitrogens is 1. The Bertz CT molecular complexity index is 1080. The van der Waals surface area contributed by atoms with Crippen molar-refractivity contribution < 1.29 is 14.2 Å². The molecule has 3 rings (SSSR count). The number of rotatable bonds is 11. The molecule has 31 heavy (non-hydrogen) atoms. The van der Waals surface area contributed by atoms with Gasteiger partial charge in [0.1, 0.15) is 17.1 Å². The van der Waals surface area contributed by atoms with Gasteiger partial charge in [0.05, 0.1) is 19.8 Å². The molecule has 3 N–H and O–H groups in total. The minimum atomic E-state index is -0.384. The third kappa shape index (κ3) is 5.84. The molecule has 0 aliphatic heterocycles. The zero-order chi connectivity index (χ0) is 22.4. The van der Waals surface area contributed by atoms with Gasteiger partial charge in [-0.15, -0.1) is 0 Å². The highest BCUT2D eigenvalue weighted by Crippen LogP contribution is 2.24. The minimum Gasteiger partial charge on any atom is -0.477 e. The number of methoxy groups -OCH3 is 1. The number of ether oxygens (including phenoxy) is 3. The van der Waals surface area contributed by atoms with Gasteiger partial charge in [0.2, 0.25) is 5.88 Å². The molecule has 3 aromatic heterocycles. The molecule has 0 bridgehead atoms. The Kier molecular flexibility index (Phi) is 7.66. The Morgan fingerprint density at radius 2 is 2.03 bits per heavy atom. The van der Waals surface area contributed by atoms with E-state index >= 15 is 0 Å². The predicted molar refractivity (Wildman–Crippen MR) is 117 cm³/mol. The molecule has 0 fully saturated rings. The summed E-state index contributed by atoms with van der Waals surface area (Å²) in [5, 5.41) is 0.368. The normalized spacial score (nSPS) is 11.4. The monoisotopic (exact) mass is 451 g/mol. The van der Waals surface area contributed by atoms with E-state index in [1.807, 2.05) is 14.1 Å². The van der Waals surface area contributed by atoms with Crippen LogP contribution in [0.2, 0.25) is 5.02 Å². The van der Waals surface area contributed by atoms with Crippen LogP contribution in [0.1, 0.15) is 12.0 Å². The number of pyridine rings is 1. The van der Waals surface area contributed by atoms with Gasteiger partial charge in [-0.25, -0.2) is 9.78 Å². The summed E-state index contributed by atoms with van der Waals surface area (Å²) in [4.78, 5) is 29.9.